The molecule has 0 aliphatic heterocycles. The number of pyridine rings is 2. The van der Waals surface area contributed by atoms with Crippen molar-refractivity contribution in [2.24, 2.45) is 5.41 Å². The minimum atomic E-state index is -2.69. The van der Waals surface area contributed by atoms with Crippen LogP contribution in [0.2, 0.25) is 0 Å². The van der Waals surface area contributed by atoms with Gasteiger partial charge in [-0.15, -0.1) is 53.6 Å². The Bertz CT molecular complexity index is 2750. The van der Waals surface area contributed by atoms with Crippen molar-refractivity contribution in [3.05, 3.63) is 143 Å². The molecule has 0 aliphatic rings. The van der Waals surface area contributed by atoms with Gasteiger partial charge in [-0.1, -0.05) is 108 Å². The summed E-state index contributed by atoms with van der Waals surface area (Å²) in [6, 6.07) is 28.8. The second-order valence-corrected chi connectivity index (χ2v) is 14.3. The van der Waals surface area contributed by atoms with E-state index in [1.807, 2.05) is 18.3 Å². The Morgan fingerprint density at radius 3 is 2.16 bits per heavy atom. The first-order valence-corrected chi connectivity index (χ1v) is 16.3. The number of hydrogen-bond acceptors (Lipinski definition) is 3. The zero-order chi connectivity index (χ0) is 47.6. The molecule has 4 heteroatoms. The van der Waals surface area contributed by atoms with Gasteiger partial charge in [0.25, 0.3) is 0 Å². The van der Waals surface area contributed by atoms with Crippen molar-refractivity contribution >= 4 is 21.9 Å². The van der Waals surface area contributed by atoms with Crippen molar-refractivity contribution in [3.63, 3.8) is 0 Å². The van der Waals surface area contributed by atoms with E-state index >= 15 is 0 Å². The molecule has 0 spiro atoms. The molecular weight excluding hydrogens is 801 g/mol. The van der Waals surface area contributed by atoms with Crippen molar-refractivity contribution < 1.29 is 43.7 Å². The number of aryl methyl sites for hydroxylation is 4. The second kappa shape index (κ2) is 15.1. The van der Waals surface area contributed by atoms with E-state index in [1.54, 1.807) is 51.1 Å². The molecule has 0 fully saturated rings. The maximum atomic E-state index is 8.69. The van der Waals surface area contributed by atoms with Crippen molar-refractivity contribution in [2.75, 3.05) is 0 Å². The molecule has 7 rings (SSSR count). The average Bonchev–Trinajstić information content (AvgIpc) is 3.57. The van der Waals surface area contributed by atoms with Gasteiger partial charge in [-0.2, -0.15) is 0 Å². The van der Waals surface area contributed by atoms with Gasteiger partial charge < -0.3 is 14.4 Å². The van der Waals surface area contributed by atoms with E-state index in [0.717, 1.165) is 11.3 Å². The zero-order valence-electron chi connectivity index (χ0n) is 43.4. The summed E-state index contributed by atoms with van der Waals surface area (Å²) in [5.74, 6) is 0. The van der Waals surface area contributed by atoms with Crippen LogP contribution in [-0.4, -0.2) is 9.97 Å². The van der Waals surface area contributed by atoms with Crippen molar-refractivity contribution in [3.8, 4) is 33.6 Å². The van der Waals surface area contributed by atoms with Crippen molar-refractivity contribution in [1.29, 1.82) is 0 Å². The van der Waals surface area contributed by atoms with E-state index in [1.165, 1.54) is 54.2 Å². The number of fused-ring (bicyclic) bond motifs is 3. The largest absolute Gasteiger partial charge is 0.501 e. The summed E-state index contributed by atoms with van der Waals surface area (Å²) in [4.78, 5) is 8.85. The number of benzene rings is 4. The Morgan fingerprint density at radius 1 is 0.706 bits per heavy atom. The molecule has 0 bridgehead atoms. The fourth-order valence-electron chi connectivity index (χ4n) is 5.62. The summed E-state index contributed by atoms with van der Waals surface area (Å²) in [5, 5.41) is 1.35. The van der Waals surface area contributed by atoms with Crippen LogP contribution >= 0.6 is 0 Å². The number of hydrogen-bond donors (Lipinski definition) is 0. The van der Waals surface area contributed by atoms with Gasteiger partial charge in [0.2, 0.25) is 0 Å². The molecule has 0 N–H and O–H groups in total. The van der Waals surface area contributed by atoms with Gasteiger partial charge >= 0.3 is 0 Å². The Morgan fingerprint density at radius 2 is 1.49 bits per heavy atom. The Labute approximate surface area is 337 Å². The topological polar surface area (TPSA) is 38.9 Å². The van der Waals surface area contributed by atoms with Crippen LogP contribution in [0.15, 0.2) is 102 Å². The number of furan rings is 1. The van der Waals surface area contributed by atoms with Crippen LogP contribution in [0.4, 0.5) is 0 Å². The van der Waals surface area contributed by atoms with Crippen LogP contribution in [0.1, 0.15) is 94.1 Å². The number of nitrogens with zero attached hydrogens (tertiary/aromatic N) is 2. The Kier molecular flexibility index (Phi) is 6.87. The normalized spacial score (nSPS) is 17.0. The molecule has 1 radical (unpaired) electrons. The van der Waals surface area contributed by atoms with Gasteiger partial charge in [-0.05, 0) is 94.2 Å². The summed E-state index contributed by atoms with van der Waals surface area (Å²) >= 11 is 0. The first-order chi connectivity index (χ1) is 29.3. The van der Waals surface area contributed by atoms with Crippen molar-refractivity contribution in [1.82, 2.24) is 9.97 Å². The molecule has 0 aliphatic carbocycles. The first kappa shape index (κ1) is 23.2. The van der Waals surface area contributed by atoms with Crippen LogP contribution < -0.4 is 0 Å². The van der Waals surface area contributed by atoms with Gasteiger partial charge in [0, 0.05) is 57.1 Å². The predicted octanol–water partition coefficient (Wildman–Crippen LogP) is 12.8. The van der Waals surface area contributed by atoms with Crippen LogP contribution in [0.3, 0.4) is 0 Å². The summed E-state index contributed by atoms with van der Waals surface area (Å²) in [6.07, 6.45) is 1.17. The molecule has 0 saturated heterocycles. The van der Waals surface area contributed by atoms with Crippen LogP contribution in [0.25, 0.3) is 55.6 Å². The third-order valence-electron chi connectivity index (χ3n) is 8.14. The molecule has 0 saturated carbocycles. The van der Waals surface area contributed by atoms with E-state index in [2.05, 4.69) is 42.9 Å². The molecule has 51 heavy (non-hydrogen) atoms. The van der Waals surface area contributed by atoms with Crippen LogP contribution in [0.5, 0.6) is 0 Å². The minimum absolute atomic E-state index is 0. The fourth-order valence-corrected chi connectivity index (χ4v) is 5.62. The molecule has 3 nitrogen and oxygen atoms in total. The van der Waals surface area contributed by atoms with Crippen LogP contribution in [-0.2, 0) is 31.9 Å². The van der Waals surface area contributed by atoms with Gasteiger partial charge in [-0.3, -0.25) is 0 Å². The van der Waals surface area contributed by atoms with Gasteiger partial charge in [0.15, 0.2) is 0 Å². The quantitative estimate of drug-likeness (QED) is 0.166. The van der Waals surface area contributed by atoms with E-state index in [0.29, 0.717) is 33.1 Å². The van der Waals surface area contributed by atoms with Crippen LogP contribution in [0, 0.1) is 45.0 Å². The van der Waals surface area contributed by atoms with E-state index in [9.17, 15) is 0 Å². The number of rotatable bonds is 4. The monoisotopic (exact) mass is 863 g/mol. The molecule has 263 valence electrons. The molecule has 3 aromatic heterocycles. The molecule has 0 amide bonds. The van der Waals surface area contributed by atoms with Crippen molar-refractivity contribution in [2.45, 2.75) is 80.7 Å². The Balaban J connectivity index is 0.000000317. The van der Waals surface area contributed by atoms with E-state index in [4.69, 9.17) is 23.6 Å². The third-order valence-corrected chi connectivity index (χ3v) is 8.14. The van der Waals surface area contributed by atoms with Gasteiger partial charge in [0.05, 0.1) is 5.58 Å². The molecule has 7 aromatic rings. The Hall–Kier alpha value is -4.37. The van der Waals surface area contributed by atoms with E-state index in [-0.39, 0.29) is 64.6 Å². The van der Waals surface area contributed by atoms with Gasteiger partial charge in [-0.25, -0.2) is 0 Å². The predicted molar refractivity (Wildman–Crippen MR) is 211 cm³/mol. The summed E-state index contributed by atoms with van der Waals surface area (Å²) in [6.45, 7) is 1.82. The standard InChI is InChI=1S/C31H30NO.C16H18N.Ir/c1-19-10-12-24-25-8-7-9-26(30(25)33-29(24)14-19)28-16-27(21(3)18-32-28)23-13-11-22(15-20(23)2)17-31(4,5)6;1-12-5-7-13(8-6-12)15-10-9-14(11-17-15)16(2,3)4;/h7-8,10-16,18H,17H2,1-6H3;5-7,9-11H,1-4H3;/q2*-1;/i1D3,2D3,3D3,17D2;1D3;. The third kappa shape index (κ3) is 8.75. The molecule has 0 atom stereocenters. The maximum Gasteiger partial charge on any atom is 0.121 e. The summed E-state index contributed by atoms with van der Waals surface area (Å²) in [5.41, 5.74) is 3.80. The molecular formula is C47H48IrN2O-2. The molecule has 4 aromatic carbocycles. The fraction of sp³-hybridized carbons (Fsp3) is 0.277. The maximum absolute atomic E-state index is 8.69. The SMILES string of the molecule is [2H]C([2H])([2H])c1c[c-]c(-c2ccc(C(C)(C)C)cn2)cc1.[2H]C([2H])([2H])c1ccc2c(c1)oc1c(-c3cc(-c4ccc(C([2H])([2H])C(C)(C)C)cc4C([2H])([2H])[2H])c(C([2H])([2H])[2H])cn3)[c-]ccc12.[Ir]. The zero-order valence-corrected chi connectivity index (χ0v) is 31.8. The average molecular weight is 863 g/mol. The van der Waals surface area contributed by atoms with E-state index < -0.39 is 39.2 Å². The smallest absolute Gasteiger partial charge is 0.121 e. The summed E-state index contributed by atoms with van der Waals surface area (Å²) < 4.78 is 118. The molecule has 3 heterocycles. The van der Waals surface area contributed by atoms with Gasteiger partial charge in [0.1, 0.15) is 5.58 Å². The number of aromatic nitrogens is 2. The summed E-state index contributed by atoms with van der Waals surface area (Å²) in [7, 11) is 0. The second-order valence-electron chi connectivity index (χ2n) is 14.3. The minimum Gasteiger partial charge on any atom is -0.501 e. The first-order valence-electron chi connectivity index (χ1n) is 23.3. The molecule has 0 unspecified atom stereocenters.